The minimum Gasteiger partial charge on any atom is -0.508 e. The number of hydrogen-bond acceptors (Lipinski definition) is 5. The molecule has 150 valence electrons. The lowest BCUT2D eigenvalue weighted by molar-refractivity contribution is 0.0693. The topological polar surface area (TPSA) is 84.2 Å². The lowest BCUT2D eigenvalue weighted by Gasteiger charge is -2.34. The Labute approximate surface area is 173 Å². The third-order valence-electron chi connectivity index (χ3n) is 5.76. The largest absolute Gasteiger partial charge is 0.508 e. The molecule has 3 N–H and O–H groups in total. The van der Waals surface area contributed by atoms with Crippen LogP contribution in [-0.4, -0.2) is 52.5 Å². The molecule has 6 nitrogen and oxygen atoms in total. The van der Waals surface area contributed by atoms with Gasteiger partial charge >= 0.3 is 5.97 Å². The van der Waals surface area contributed by atoms with Gasteiger partial charge in [-0.3, -0.25) is 4.90 Å². The summed E-state index contributed by atoms with van der Waals surface area (Å²) in [5.74, 6) is -0.959. The number of likely N-dealkylation sites (N-methyl/N-ethyl adjacent to an activating group) is 2. The van der Waals surface area contributed by atoms with Gasteiger partial charge in [0.1, 0.15) is 17.1 Å². The maximum atomic E-state index is 10.3. The molecule has 0 spiro atoms. The van der Waals surface area contributed by atoms with E-state index in [1.165, 1.54) is 23.4 Å². The quantitative estimate of drug-likeness (QED) is 0.643. The number of aromatic hydroxyl groups is 2. The van der Waals surface area contributed by atoms with E-state index < -0.39 is 5.97 Å². The number of para-hydroxylation sites is 1. The van der Waals surface area contributed by atoms with Gasteiger partial charge < -0.3 is 20.2 Å². The number of carboxylic acid groups (broad SMARTS) is 1. The molecule has 2 aliphatic heterocycles. The Bertz CT molecular complexity index is 904. The number of nitrogens with zero attached hydrogens (tertiary/aromatic N) is 2. The first kappa shape index (κ1) is 20.5. The number of benzene rings is 2. The van der Waals surface area contributed by atoms with E-state index in [4.69, 9.17) is 10.2 Å². The molecule has 0 bridgehead atoms. The molecular weight excluding hydrogens is 424 g/mol. The summed E-state index contributed by atoms with van der Waals surface area (Å²) in [4.78, 5) is 15.1. The molecule has 0 saturated carbocycles. The van der Waals surface area contributed by atoms with Crippen LogP contribution in [0.4, 0.5) is 5.69 Å². The number of likely N-dealkylation sites (tertiary alicyclic amines) is 1. The highest BCUT2D eigenvalue weighted by Crippen LogP contribution is 2.54. The van der Waals surface area contributed by atoms with Crippen LogP contribution in [-0.2, 0) is 5.41 Å². The van der Waals surface area contributed by atoms with Crippen molar-refractivity contribution in [2.24, 2.45) is 0 Å². The summed E-state index contributed by atoms with van der Waals surface area (Å²) in [6.07, 6.45) is 1.56. The second kappa shape index (κ2) is 7.64. The van der Waals surface area contributed by atoms with Crippen LogP contribution in [0.2, 0.25) is 0 Å². The Kier molecular flexibility index (Phi) is 5.59. The summed E-state index contributed by atoms with van der Waals surface area (Å²) in [7, 11) is 2.16. The fourth-order valence-electron chi connectivity index (χ4n) is 4.46. The van der Waals surface area contributed by atoms with Gasteiger partial charge in [0.2, 0.25) is 0 Å². The maximum absolute atomic E-state index is 10.3. The van der Waals surface area contributed by atoms with Gasteiger partial charge in [0.25, 0.3) is 0 Å². The van der Waals surface area contributed by atoms with Crippen molar-refractivity contribution in [1.29, 1.82) is 0 Å². The molecule has 4 rings (SSSR count). The smallest absolute Gasteiger partial charge is 0.339 e. The standard InChI is InChI=1S/C14H19BrN2O.C7H6O3/c1-4-17-6-5-14(2)10-7-9(18)8-11(15)12(10)16(3)13(14)17;8-6-4-2-1-3-5(6)7(9)10/h7-8,13,18H,4-6H2,1-3H3;1-4,8H,(H,9,10). The van der Waals surface area contributed by atoms with Gasteiger partial charge in [-0.05, 0) is 58.7 Å². The first-order chi connectivity index (χ1) is 13.2. The van der Waals surface area contributed by atoms with Crippen LogP contribution in [0.15, 0.2) is 40.9 Å². The highest BCUT2D eigenvalue weighted by atomic mass is 79.9. The molecule has 2 unspecified atom stereocenters. The monoisotopic (exact) mass is 448 g/mol. The van der Waals surface area contributed by atoms with Crippen LogP contribution in [0.1, 0.15) is 36.2 Å². The molecule has 1 fully saturated rings. The predicted molar refractivity (Wildman–Crippen MR) is 112 cm³/mol. The van der Waals surface area contributed by atoms with Gasteiger partial charge in [-0.1, -0.05) is 26.0 Å². The van der Waals surface area contributed by atoms with Crippen molar-refractivity contribution in [2.75, 3.05) is 25.0 Å². The number of rotatable bonds is 2. The lowest BCUT2D eigenvalue weighted by Crippen LogP contribution is -2.47. The van der Waals surface area contributed by atoms with Crippen LogP contribution in [0, 0.1) is 0 Å². The van der Waals surface area contributed by atoms with Gasteiger partial charge in [0.15, 0.2) is 0 Å². The average molecular weight is 449 g/mol. The molecule has 0 amide bonds. The average Bonchev–Trinajstić information content (AvgIpc) is 3.08. The Balaban J connectivity index is 0.000000192. The van der Waals surface area contributed by atoms with Crippen LogP contribution < -0.4 is 4.90 Å². The van der Waals surface area contributed by atoms with Crippen LogP contribution in [0.3, 0.4) is 0 Å². The minimum atomic E-state index is -1.11. The minimum absolute atomic E-state index is 0.0671. The predicted octanol–water partition coefficient (Wildman–Crippen LogP) is 4.00. The third kappa shape index (κ3) is 3.33. The number of carboxylic acids is 1. The fraction of sp³-hybridized carbons (Fsp3) is 0.381. The molecule has 2 heterocycles. The van der Waals surface area contributed by atoms with Crippen molar-refractivity contribution in [3.05, 3.63) is 52.0 Å². The van der Waals surface area contributed by atoms with Gasteiger partial charge in [0, 0.05) is 23.5 Å². The third-order valence-corrected chi connectivity index (χ3v) is 6.36. The van der Waals surface area contributed by atoms with Crippen LogP contribution >= 0.6 is 15.9 Å². The number of halogens is 1. The van der Waals surface area contributed by atoms with Crippen LogP contribution in [0.25, 0.3) is 0 Å². The summed E-state index contributed by atoms with van der Waals surface area (Å²) in [5, 5.41) is 27.2. The van der Waals surface area contributed by atoms with E-state index in [2.05, 4.69) is 46.6 Å². The van der Waals surface area contributed by atoms with Gasteiger partial charge in [0.05, 0.1) is 11.9 Å². The molecule has 0 radical (unpaired) electrons. The maximum Gasteiger partial charge on any atom is 0.339 e. The molecule has 2 aromatic carbocycles. The molecule has 0 aromatic heterocycles. The Morgan fingerprint density at radius 2 is 1.96 bits per heavy atom. The number of phenolic OH excluding ortho intramolecular Hbond substituents is 1. The Morgan fingerprint density at radius 1 is 1.29 bits per heavy atom. The highest BCUT2D eigenvalue weighted by molar-refractivity contribution is 9.10. The molecule has 7 heteroatoms. The number of fused-ring (bicyclic) bond motifs is 3. The summed E-state index contributed by atoms with van der Waals surface area (Å²) >= 11 is 3.59. The Morgan fingerprint density at radius 3 is 2.54 bits per heavy atom. The summed E-state index contributed by atoms with van der Waals surface area (Å²) in [6, 6.07) is 9.54. The number of hydrogen-bond donors (Lipinski definition) is 3. The van der Waals surface area contributed by atoms with Crippen molar-refractivity contribution in [3.8, 4) is 11.5 Å². The number of carbonyl (C=O) groups is 1. The summed E-state index contributed by atoms with van der Waals surface area (Å²) in [6.45, 7) is 6.74. The summed E-state index contributed by atoms with van der Waals surface area (Å²) < 4.78 is 0.992. The van der Waals surface area contributed by atoms with E-state index in [-0.39, 0.29) is 16.7 Å². The fourth-order valence-corrected chi connectivity index (χ4v) is 5.19. The highest BCUT2D eigenvalue weighted by Gasteiger charge is 2.53. The SMILES string of the molecule is CCN1CCC2(C)c3cc(O)cc(Br)c3N(C)C12.O=C(O)c1ccccc1O. The molecule has 28 heavy (non-hydrogen) atoms. The van der Waals surface area contributed by atoms with Crippen molar-refractivity contribution < 1.29 is 20.1 Å². The molecule has 0 aliphatic carbocycles. The van der Waals surface area contributed by atoms with E-state index >= 15 is 0 Å². The molecular formula is C21H25BrN2O4. The molecule has 1 saturated heterocycles. The molecule has 2 atom stereocenters. The number of aromatic carboxylic acids is 1. The van der Waals surface area contributed by atoms with Gasteiger partial charge in [-0.2, -0.15) is 0 Å². The van der Waals surface area contributed by atoms with Crippen molar-refractivity contribution >= 4 is 27.6 Å². The molecule has 2 aromatic rings. The zero-order valence-corrected chi connectivity index (χ0v) is 17.8. The van der Waals surface area contributed by atoms with Crippen molar-refractivity contribution in [2.45, 2.75) is 31.8 Å². The Hall–Kier alpha value is -2.25. The lowest BCUT2D eigenvalue weighted by atomic mass is 9.81. The summed E-state index contributed by atoms with van der Waals surface area (Å²) in [5.41, 5.74) is 2.57. The first-order valence-electron chi connectivity index (χ1n) is 9.21. The van der Waals surface area contributed by atoms with Gasteiger partial charge in [-0.25, -0.2) is 4.79 Å². The number of anilines is 1. The first-order valence-corrected chi connectivity index (χ1v) is 10.0. The van der Waals surface area contributed by atoms with E-state index in [9.17, 15) is 9.90 Å². The van der Waals surface area contributed by atoms with E-state index in [1.807, 2.05) is 6.07 Å². The zero-order valence-electron chi connectivity index (χ0n) is 16.2. The second-order valence-electron chi connectivity index (χ2n) is 7.43. The zero-order chi connectivity index (χ0) is 20.6. The van der Waals surface area contributed by atoms with E-state index in [0.29, 0.717) is 11.9 Å². The second-order valence-corrected chi connectivity index (χ2v) is 8.28. The van der Waals surface area contributed by atoms with Crippen molar-refractivity contribution in [3.63, 3.8) is 0 Å². The normalized spacial score (nSPS) is 23.0. The van der Waals surface area contributed by atoms with Crippen molar-refractivity contribution in [1.82, 2.24) is 4.90 Å². The van der Waals surface area contributed by atoms with E-state index in [0.717, 1.165) is 24.0 Å². The van der Waals surface area contributed by atoms with Crippen LogP contribution in [0.5, 0.6) is 11.5 Å². The van der Waals surface area contributed by atoms with E-state index in [1.54, 1.807) is 18.2 Å². The molecule has 2 aliphatic rings. The van der Waals surface area contributed by atoms with Gasteiger partial charge in [-0.15, -0.1) is 0 Å². The number of phenols is 2.